The van der Waals surface area contributed by atoms with Crippen molar-refractivity contribution in [2.24, 2.45) is 0 Å². The van der Waals surface area contributed by atoms with E-state index in [1.165, 1.54) is 5.15 Å². The number of halogens is 2. The Hall–Kier alpha value is 1.09. The minimum absolute atomic E-state index is 0. The summed E-state index contributed by atoms with van der Waals surface area (Å²) < 4.78 is 18.2. The monoisotopic (exact) mass is 218 g/mol. The Kier molecular flexibility index (Phi) is 19.9. The van der Waals surface area contributed by atoms with Gasteiger partial charge in [0.15, 0.2) is 0 Å². The molecule has 0 heterocycles. The van der Waals surface area contributed by atoms with Crippen LogP contribution in [0.15, 0.2) is 0 Å². The fourth-order valence-corrected chi connectivity index (χ4v) is 0. The van der Waals surface area contributed by atoms with Crippen LogP contribution in [0.1, 0.15) is 0 Å². The van der Waals surface area contributed by atoms with Crippen molar-refractivity contribution in [2.75, 3.05) is 0 Å². The summed E-state index contributed by atoms with van der Waals surface area (Å²) in [5.41, 5.74) is 0. The van der Waals surface area contributed by atoms with E-state index in [1.807, 2.05) is 0 Å². The molecule has 0 aromatic heterocycles. The second-order valence-electron chi connectivity index (χ2n) is 0.0583. The van der Waals surface area contributed by atoms with Crippen LogP contribution in [0.25, 0.3) is 0 Å². The Labute approximate surface area is 52.1 Å². The van der Waals surface area contributed by atoms with Crippen molar-refractivity contribution in [3.63, 3.8) is 0 Å². The van der Waals surface area contributed by atoms with E-state index >= 15 is 0 Å². The van der Waals surface area contributed by atoms with Gasteiger partial charge in [0.05, 0.1) is 0 Å². The predicted octanol–water partition coefficient (Wildman–Crippen LogP) is 0.772. The molecule has 0 aromatic rings. The van der Waals surface area contributed by atoms with Gasteiger partial charge in [0.25, 0.3) is 0 Å². The van der Waals surface area contributed by atoms with Crippen molar-refractivity contribution in [1.29, 1.82) is 0 Å². The number of hydrogen-bond acceptors (Lipinski definition) is 1. The van der Waals surface area contributed by atoms with Crippen molar-refractivity contribution < 1.29 is 52.4 Å². The topological polar surface area (TPSA) is 9.23 Å². The van der Waals surface area contributed by atoms with E-state index in [1.54, 1.807) is 0 Å². The van der Waals surface area contributed by atoms with Gasteiger partial charge >= 0.3 is 0 Å². The van der Waals surface area contributed by atoms with Gasteiger partial charge in [-0.1, -0.05) is 0 Å². The molecule has 0 aliphatic rings. The second kappa shape index (κ2) is 8.94. The maximum absolute atomic E-state index is 9.12. The van der Waals surface area contributed by atoms with Crippen molar-refractivity contribution in [1.82, 2.24) is 0 Å². The summed E-state index contributed by atoms with van der Waals surface area (Å²) in [7, 11) is 0. The summed E-state index contributed by atoms with van der Waals surface area (Å²) in [5, 5.41) is 1.25. The zero-order valence-electron chi connectivity index (χ0n) is 1.48. The summed E-state index contributed by atoms with van der Waals surface area (Å²) in [5.74, 6) is 0. The molecule has 30 valence electrons. The molecule has 0 aliphatic heterocycles. The molecule has 0 amide bonds. The van der Waals surface area contributed by atoms with Gasteiger partial charge in [-0.05, 0) is 9.05 Å². The van der Waals surface area contributed by atoms with Gasteiger partial charge in [-0.2, -0.15) is 0 Å². The zero-order chi connectivity index (χ0) is 2.71. The quantitative estimate of drug-likeness (QED) is 0.581. The molecule has 0 aromatic carbocycles. The molecular weight excluding hydrogens is 216 g/mol. The summed E-state index contributed by atoms with van der Waals surface area (Å²) in [4.78, 5) is 0. The largest absolute Gasteiger partial charge is 0.0209 e. The first-order valence-corrected chi connectivity index (χ1v) is 0.309. The van der Waals surface area contributed by atoms with Gasteiger partial charge < -0.3 is 0 Å². The van der Waals surface area contributed by atoms with Crippen molar-refractivity contribution in [3.8, 4) is 0 Å². The van der Waals surface area contributed by atoms with Crippen LogP contribution in [-0.4, -0.2) is 0 Å². The van der Waals surface area contributed by atoms with Crippen LogP contribution in [0.5, 0.6) is 0 Å². The van der Waals surface area contributed by atoms with Crippen LogP contribution < -0.4 is 0 Å². The number of hydrogen-bond donors (Lipinski definition) is 0. The van der Waals surface area contributed by atoms with E-state index in [-0.39, 0.29) is 38.2 Å². The maximum Gasteiger partial charge on any atom is 0.0209 e. The summed E-state index contributed by atoms with van der Waals surface area (Å²) in [6, 6.07) is 0. The van der Waals surface area contributed by atoms with Gasteiger partial charge in [0, 0.05) is 43.3 Å². The standard InChI is InChI=1S/Dy.F2O/c;1-3-2. The van der Waals surface area contributed by atoms with Gasteiger partial charge in [0.2, 0.25) is 0 Å². The molecular formula is DyF2O. The molecule has 0 saturated carbocycles. The fraction of sp³-hybridized carbons (Fsp3) is 0. The van der Waals surface area contributed by atoms with E-state index in [4.69, 9.17) is 9.05 Å². The Morgan fingerprint density at radius 1 is 1.25 bits per heavy atom. The SMILES string of the molecule is FOF.[Dy]. The first kappa shape index (κ1) is 8.92. The molecule has 0 unspecified atom stereocenters. The van der Waals surface area contributed by atoms with Crippen molar-refractivity contribution >= 4 is 0 Å². The maximum atomic E-state index is 9.12. The minimum atomic E-state index is 0. The van der Waals surface area contributed by atoms with E-state index in [9.17, 15) is 0 Å². The van der Waals surface area contributed by atoms with Gasteiger partial charge in [-0.25, -0.2) is 0 Å². The van der Waals surface area contributed by atoms with Crippen molar-refractivity contribution in [3.05, 3.63) is 0 Å². The Morgan fingerprint density at radius 3 is 1.25 bits per heavy atom. The zero-order valence-corrected chi connectivity index (χ0v) is 3.51. The molecule has 0 aliphatic carbocycles. The van der Waals surface area contributed by atoms with E-state index in [0.29, 0.717) is 0 Å². The summed E-state index contributed by atoms with van der Waals surface area (Å²) in [6.07, 6.45) is 0. The van der Waals surface area contributed by atoms with Crippen LogP contribution in [-0.2, 0) is 5.15 Å². The molecule has 0 radical (unpaired) electrons. The second-order valence-corrected chi connectivity index (χ2v) is 0.0583. The van der Waals surface area contributed by atoms with Crippen LogP contribution in [0.2, 0.25) is 0 Å². The fourth-order valence-electron chi connectivity index (χ4n) is 0. The van der Waals surface area contributed by atoms with Crippen LogP contribution in [0.4, 0.5) is 9.05 Å². The normalized spacial score (nSPS) is 4.50. The third-order valence-corrected chi connectivity index (χ3v) is 0. The third kappa shape index (κ3) is 11.3. The van der Waals surface area contributed by atoms with Crippen LogP contribution >= 0.6 is 0 Å². The molecule has 1 nitrogen and oxygen atoms in total. The third-order valence-electron chi connectivity index (χ3n) is 0. The first-order valence-electron chi connectivity index (χ1n) is 0.309. The molecule has 0 atom stereocenters. The molecule has 0 spiro atoms. The molecule has 0 N–H and O–H groups in total. The minimum Gasteiger partial charge on any atom is -0.0104 e. The van der Waals surface area contributed by atoms with Crippen LogP contribution in [0, 0.1) is 38.2 Å². The Bertz CT molecular complexity index is 6.00. The predicted molar refractivity (Wildman–Crippen MR) is 3.30 cm³/mol. The first-order chi connectivity index (χ1) is 1.41. The smallest absolute Gasteiger partial charge is 0.0104 e. The van der Waals surface area contributed by atoms with E-state index < -0.39 is 0 Å². The summed E-state index contributed by atoms with van der Waals surface area (Å²) >= 11 is 0. The average molecular weight is 216 g/mol. The molecule has 0 saturated heterocycles. The molecule has 4 heteroatoms. The Balaban J connectivity index is 0. The van der Waals surface area contributed by atoms with Gasteiger partial charge in [0.1, 0.15) is 0 Å². The number of rotatable bonds is 0. The average Bonchev–Trinajstić information content (AvgIpc) is 0.918. The van der Waals surface area contributed by atoms with E-state index in [0.717, 1.165) is 0 Å². The van der Waals surface area contributed by atoms with E-state index in [2.05, 4.69) is 0 Å². The molecule has 4 heavy (non-hydrogen) atoms. The van der Waals surface area contributed by atoms with Gasteiger partial charge in [-0.15, -0.1) is 0 Å². The summed E-state index contributed by atoms with van der Waals surface area (Å²) in [6.45, 7) is 0. The molecule has 0 fully saturated rings. The van der Waals surface area contributed by atoms with Crippen molar-refractivity contribution in [2.45, 2.75) is 0 Å². The van der Waals surface area contributed by atoms with Gasteiger partial charge in [-0.3, -0.25) is 0 Å². The van der Waals surface area contributed by atoms with Crippen LogP contribution in [0.3, 0.4) is 0 Å². The Morgan fingerprint density at radius 2 is 1.25 bits per heavy atom. The molecule has 0 rings (SSSR count). The molecule has 0 bridgehead atoms.